The Labute approximate surface area is 99.5 Å². The minimum atomic E-state index is 0.0333. The average Bonchev–Trinajstić information content (AvgIpc) is 2.20. The van der Waals surface area contributed by atoms with E-state index in [4.69, 9.17) is 27.9 Å². The van der Waals surface area contributed by atoms with Crippen molar-refractivity contribution in [2.24, 2.45) is 0 Å². The lowest BCUT2D eigenvalue weighted by atomic mass is 10.1. The first-order valence-electron chi connectivity index (χ1n) is 4.97. The topological polar surface area (TPSA) is 21.3 Å². The van der Waals surface area contributed by atoms with E-state index in [0.29, 0.717) is 22.7 Å². The van der Waals surface area contributed by atoms with Gasteiger partial charge in [0.25, 0.3) is 0 Å². The third-order valence-electron chi connectivity index (χ3n) is 2.51. The molecule has 0 spiro atoms. The fraction of sp³-hybridized carbons (Fsp3) is 0.455. The highest BCUT2D eigenvalue weighted by Gasteiger charge is 2.21. The summed E-state index contributed by atoms with van der Waals surface area (Å²) < 4.78 is 5.71. The van der Waals surface area contributed by atoms with Gasteiger partial charge in [0.15, 0.2) is 0 Å². The van der Waals surface area contributed by atoms with E-state index >= 15 is 0 Å². The first-order valence-corrected chi connectivity index (χ1v) is 5.72. The van der Waals surface area contributed by atoms with Crippen molar-refractivity contribution < 1.29 is 4.74 Å². The number of morpholine rings is 1. The fourth-order valence-electron chi connectivity index (χ4n) is 1.65. The van der Waals surface area contributed by atoms with Gasteiger partial charge in [0, 0.05) is 28.2 Å². The van der Waals surface area contributed by atoms with Crippen molar-refractivity contribution in [2.45, 2.75) is 19.1 Å². The van der Waals surface area contributed by atoms with Gasteiger partial charge in [-0.1, -0.05) is 29.3 Å². The molecule has 0 radical (unpaired) electrons. The van der Waals surface area contributed by atoms with E-state index < -0.39 is 0 Å². The highest BCUT2D eigenvalue weighted by Crippen LogP contribution is 2.29. The molecule has 1 saturated heterocycles. The first kappa shape index (κ1) is 11.2. The van der Waals surface area contributed by atoms with Gasteiger partial charge in [0.1, 0.15) is 0 Å². The summed E-state index contributed by atoms with van der Waals surface area (Å²) in [6.45, 7) is 3.60. The smallest absolute Gasteiger partial charge is 0.0964 e. The van der Waals surface area contributed by atoms with Crippen LogP contribution < -0.4 is 5.32 Å². The molecule has 1 N–H and O–H groups in total. The van der Waals surface area contributed by atoms with Crippen LogP contribution in [0, 0.1) is 0 Å². The molecule has 4 heteroatoms. The Bertz CT molecular complexity index is 348. The van der Waals surface area contributed by atoms with Crippen LogP contribution in [0.15, 0.2) is 18.2 Å². The maximum absolute atomic E-state index is 6.11. The maximum Gasteiger partial charge on any atom is 0.0964 e. The Hall–Kier alpha value is -0.280. The molecular formula is C11H13Cl2NO. The standard InChI is InChI=1S/C11H13Cl2NO/c1-7-6-15-11(5-14-7)9-3-2-8(12)4-10(9)13/h2-4,7,11,14H,5-6H2,1H3. The van der Waals surface area contributed by atoms with Gasteiger partial charge >= 0.3 is 0 Å². The van der Waals surface area contributed by atoms with Crippen LogP contribution in [-0.4, -0.2) is 19.2 Å². The van der Waals surface area contributed by atoms with Gasteiger partial charge < -0.3 is 10.1 Å². The van der Waals surface area contributed by atoms with Gasteiger partial charge in [-0.05, 0) is 19.1 Å². The highest BCUT2D eigenvalue weighted by atomic mass is 35.5. The van der Waals surface area contributed by atoms with E-state index in [9.17, 15) is 0 Å². The maximum atomic E-state index is 6.11. The summed E-state index contributed by atoms with van der Waals surface area (Å²) in [5, 5.41) is 4.68. The van der Waals surface area contributed by atoms with Crippen LogP contribution in [0.1, 0.15) is 18.6 Å². The summed E-state index contributed by atoms with van der Waals surface area (Å²) in [5.74, 6) is 0. The predicted octanol–water partition coefficient (Wildman–Crippen LogP) is 3.04. The zero-order valence-electron chi connectivity index (χ0n) is 8.47. The minimum Gasteiger partial charge on any atom is -0.371 e. The van der Waals surface area contributed by atoms with Gasteiger partial charge in [-0.2, -0.15) is 0 Å². The molecule has 2 rings (SSSR count). The summed E-state index contributed by atoms with van der Waals surface area (Å²) in [5.41, 5.74) is 1.00. The number of rotatable bonds is 1. The van der Waals surface area contributed by atoms with Gasteiger partial charge in [0.05, 0.1) is 12.7 Å². The summed E-state index contributed by atoms with van der Waals surface area (Å²) in [7, 11) is 0. The van der Waals surface area contributed by atoms with Crippen molar-refractivity contribution in [1.82, 2.24) is 5.32 Å². The quantitative estimate of drug-likeness (QED) is 0.822. The molecule has 1 aromatic rings. The summed E-state index contributed by atoms with van der Waals surface area (Å²) in [6, 6.07) is 5.92. The number of benzene rings is 1. The predicted molar refractivity (Wildman–Crippen MR) is 62.6 cm³/mol. The molecule has 1 aromatic carbocycles. The average molecular weight is 246 g/mol. The number of nitrogens with one attached hydrogen (secondary N) is 1. The van der Waals surface area contributed by atoms with Crippen LogP contribution in [0.2, 0.25) is 10.0 Å². The molecule has 15 heavy (non-hydrogen) atoms. The van der Waals surface area contributed by atoms with Gasteiger partial charge in [-0.3, -0.25) is 0 Å². The third-order valence-corrected chi connectivity index (χ3v) is 3.07. The van der Waals surface area contributed by atoms with Crippen molar-refractivity contribution in [3.05, 3.63) is 33.8 Å². The van der Waals surface area contributed by atoms with Crippen molar-refractivity contribution >= 4 is 23.2 Å². The lowest BCUT2D eigenvalue weighted by Gasteiger charge is -2.29. The molecule has 0 amide bonds. The normalized spacial score (nSPS) is 26.6. The molecular weight excluding hydrogens is 233 g/mol. The van der Waals surface area contributed by atoms with Crippen molar-refractivity contribution in [3.8, 4) is 0 Å². The SMILES string of the molecule is CC1COC(c2ccc(Cl)cc2Cl)CN1. The van der Waals surface area contributed by atoms with Crippen LogP contribution in [0.25, 0.3) is 0 Å². The van der Waals surface area contributed by atoms with Crippen LogP contribution in [0.5, 0.6) is 0 Å². The second kappa shape index (κ2) is 4.71. The Morgan fingerprint density at radius 2 is 2.20 bits per heavy atom. The van der Waals surface area contributed by atoms with E-state index in [1.807, 2.05) is 12.1 Å². The molecule has 2 unspecified atom stereocenters. The molecule has 2 nitrogen and oxygen atoms in total. The lowest BCUT2D eigenvalue weighted by Crippen LogP contribution is -2.40. The van der Waals surface area contributed by atoms with Gasteiger partial charge in [-0.15, -0.1) is 0 Å². The Kier molecular flexibility index (Phi) is 3.52. The van der Waals surface area contributed by atoms with Crippen molar-refractivity contribution in [2.75, 3.05) is 13.2 Å². The monoisotopic (exact) mass is 245 g/mol. The van der Waals surface area contributed by atoms with E-state index in [1.54, 1.807) is 6.07 Å². The Morgan fingerprint density at radius 3 is 2.80 bits per heavy atom. The first-order chi connectivity index (χ1) is 7.16. The number of hydrogen-bond acceptors (Lipinski definition) is 2. The Morgan fingerprint density at radius 1 is 1.40 bits per heavy atom. The highest BCUT2D eigenvalue weighted by molar-refractivity contribution is 6.35. The minimum absolute atomic E-state index is 0.0333. The van der Waals surface area contributed by atoms with E-state index in [1.165, 1.54) is 0 Å². The second-order valence-electron chi connectivity index (χ2n) is 3.80. The molecule has 2 atom stereocenters. The zero-order valence-corrected chi connectivity index (χ0v) is 9.98. The van der Waals surface area contributed by atoms with Crippen molar-refractivity contribution in [1.29, 1.82) is 0 Å². The summed E-state index contributed by atoms with van der Waals surface area (Å²) in [6.07, 6.45) is 0.0333. The molecule has 0 aliphatic carbocycles. The van der Waals surface area contributed by atoms with Crippen molar-refractivity contribution in [3.63, 3.8) is 0 Å². The fourth-order valence-corrected chi connectivity index (χ4v) is 2.18. The molecule has 0 bridgehead atoms. The second-order valence-corrected chi connectivity index (χ2v) is 4.64. The molecule has 1 fully saturated rings. The van der Waals surface area contributed by atoms with Crippen LogP contribution >= 0.6 is 23.2 Å². The van der Waals surface area contributed by atoms with Gasteiger partial charge in [0.2, 0.25) is 0 Å². The van der Waals surface area contributed by atoms with E-state index in [2.05, 4.69) is 12.2 Å². The molecule has 1 aliphatic rings. The molecule has 0 saturated carbocycles. The molecule has 0 aromatic heterocycles. The number of hydrogen-bond donors (Lipinski definition) is 1. The molecule has 1 aliphatic heterocycles. The van der Waals surface area contributed by atoms with E-state index in [-0.39, 0.29) is 6.10 Å². The number of halogens is 2. The Balaban J connectivity index is 2.15. The summed E-state index contributed by atoms with van der Waals surface area (Å²) >= 11 is 11.9. The molecule has 82 valence electrons. The van der Waals surface area contributed by atoms with Crippen LogP contribution in [0.3, 0.4) is 0 Å². The zero-order chi connectivity index (χ0) is 10.8. The third kappa shape index (κ3) is 2.64. The number of ether oxygens (including phenoxy) is 1. The largest absolute Gasteiger partial charge is 0.371 e. The molecule has 1 heterocycles. The summed E-state index contributed by atoms with van der Waals surface area (Å²) in [4.78, 5) is 0. The van der Waals surface area contributed by atoms with E-state index in [0.717, 1.165) is 12.1 Å². The van der Waals surface area contributed by atoms with Crippen LogP contribution in [-0.2, 0) is 4.74 Å². The lowest BCUT2D eigenvalue weighted by molar-refractivity contribution is 0.00701. The van der Waals surface area contributed by atoms with Crippen LogP contribution in [0.4, 0.5) is 0 Å². The van der Waals surface area contributed by atoms with Gasteiger partial charge in [-0.25, -0.2) is 0 Å².